The number of benzene rings is 1. The van der Waals surface area contributed by atoms with Crippen LogP contribution in [0.4, 0.5) is 0 Å². The molecule has 1 aromatic heterocycles. The van der Waals surface area contributed by atoms with E-state index in [1.165, 1.54) is 0 Å². The zero-order valence-corrected chi connectivity index (χ0v) is 17.1. The topological polar surface area (TPSA) is 83.7 Å². The van der Waals surface area contributed by atoms with E-state index in [-0.39, 0.29) is 17.9 Å². The van der Waals surface area contributed by atoms with Gasteiger partial charge in [-0.1, -0.05) is 15.9 Å². The maximum atomic E-state index is 12.4. The van der Waals surface area contributed by atoms with Crippen LogP contribution in [0.25, 0.3) is 0 Å². The molecule has 0 saturated heterocycles. The highest BCUT2D eigenvalue weighted by atomic mass is 79.9. The van der Waals surface area contributed by atoms with Crippen LogP contribution in [-0.2, 0) is 6.42 Å². The van der Waals surface area contributed by atoms with Gasteiger partial charge in [-0.05, 0) is 57.9 Å². The fourth-order valence-corrected chi connectivity index (χ4v) is 3.37. The predicted octanol–water partition coefficient (Wildman–Crippen LogP) is 3.96. The van der Waals surface area contributed by atoms with Gasteiger partial charge in [-0.15, -0.1) is 0 Å². The summed E-state index contributed by atoms with van der Waals surface area (Å²) in [7, 11) is 0. The average molecular weight is 432 g/mol. The molecule has 7 heteroatoms. The molecule has 1 heterocycles. The third-order valence-corrected chi connectivity index (χ3v) is 4.88. The van der Waals surface area contributed by atoms with E-state index in [9.17, 15) is 9.59 Å². The fraction of sp³-hybridized carbons (Fsp3) is 0.350. The summed E-state index contributed by atoms with van der Waals surface area (Å²) in [6.07, 6.45) is 2.34. The minimum absolute atomic E-state index is 0.0253. The Bertz CT molecular complexity index is 898. The molecule has 0 unspecified atom stereocenters. The molecule has 0 bridgehead atoms. The van der Waals surface area contributed by atoms with E-state index in [0.29, 0.717) is 11.3 Å². The Hall–Kier alpha value is -2.41. The van der Waals surface area contributed by atoms with Crippen LogP contribution < -0.4 is 10.7 Å². The number of carbonyl (C=O) groups excluding carboxylic acids is 2. The van der Waals surface area contributed by atoms with E-state index in [1.54, 1.807) is 24.3 Å². The molecule has 1 aromatic carbocycles. The number of carbonyl (C=O) groups is 2. The van der Waals surface area contributed by atoms with Gasteiger partial charge in [0, 0.05) is 33.6 Å². The Kier molecular flexibility index (Phi) is 5.79. The monoisotopic (exact) mass is 431 g/mol. The standard InChI is InChI=1S/C20H22BrN3O3/c1-11(2)22-20(26)18-12(3)17-15(5-4-6-16(17)27-18)23-24-19(25)13-7-9-14(21)10-8-13/h7-11H,4-6H2,1-3H3,(H,22,26)(H,24,25)/b23-15+. The quantitative estimate of drug-likeness (QED) is 0.718. The van der Waals surface area contributed by atoms with Gasteiger partial charge >= 0.3 is 0 Å². The van der Waals surface area contributed by atoms with Crippen LogP contribution in [0.1, 0.15) is 64.5 Å². The maximum Gasteiger partial charge on any atom is 0.287 e. The summed E-state index contributed by atoms with van der Waals surface area (Å²) in [5, 5.41) is 7.19. The summed E-state index contributed by atoms with van der Waals surface area (Å²) in [5.74, 6) is 0.572. The smallest absolute Gasteiger partial charge is 0.287 e. The van der Waals surface area contributed by atoms with Crippen LogP contribution in [0.15, 0.2) is 38.3 Å². The molecule has 3 rings (SSSR count). The molecule has 0 saturated carbocycles. The molecule has 27 heavy (non-hydrogen) atoms. The second kappa shape index (κ2) is 8.08. The molecule has 0 spiro atoms. The van der Waals surface area contributed by atoms with Crippen molar-refractivity contribution in [2.75, 3.05) is 0 Å². The van der Waals surface area contributed by atoms with Crippen molar-refractivity contribution in [1.82, 2.24) is 10.7 Å². The fourth-order valence-electron chi connectivity index (χ4n) is 3.11. The molecule has 0 fully saturated rings. The van der Waals surface area contributed by atoms with E-state index in [2.05, 4.69) is 31.8 Å². The predicted molar refractivity (Wildman–Crippen MR) is 107 cm³/mol. The Labute approximate surface area is 166 Å². The lowest BCUT2D eigenvalue weighted by molar-refractivity contribution is 0.0911. The lowest BCUT2D eigenvalue weighted by Gasteiger charge is -2.13. The van der Waals surface area contributed by atoms with Gasteiger partial charge in [0.2, 0.25) is 0 Å². The minimum atomic E-state index is -0.277. The van der Waals surface area contributed by atoms with Crippen LogP contribution >= 0.6 is 15.9 Å². The summed E-state index contributed by atoms with van der Waals surface area (Å²) < 4.78 is 6.73. The third-order valence-electron chi connectivity index (χ3n) is 4.35. The van der Waals surface area contributed by atoms with Crippen LogP contribution in [0.3, 0.4) is 0 Å². The van der Waals surface area contributed by atoms with Crippen molar-refractivity contribution >= 4 is 33.5 Å². The lowest BCUT2D eigenvalue weighted by Crippen LogP contribution is -2.30. The van der Waals surface area contributed by atoms with E-state index >= 15 is 0 Å². The first kappa shape index (κ1) is 19.4. The SMILES string of the molecule is Cc1c(C(=O)NC(C)C)oc2c1/C(=N/NC(=O)c1ccc(Br)cc1)CCC2. The molecule has 1 aliphatic carbocycles. The molecule has 2 aromatic rings. The summed E-state index contributed by atoms with van der Waals surface area (Å²) in [6, 6.07) is 7.09. The Morgan fingerprint density at radius 3 is 2.52 bits per heavy atom. The average Bonchev–Trinajstić information content (AvgIpc) is 2.97. The van der Waals surface area contributed by atoms with Gasteiger partial charge in [0.05, 0.1) is 5.71 Å². The highest BCUT2D eigenvalue weighted by molar-refractivity contribution is 9.10. The van der Waals surface area contributed by atoms with Crippen LogP contribution in [-0.4, -0.2) is 23.6 Å². The Morgan fingerprint density at radius 2 is 1.85 bits per heavy atom. The molecule has 0 aliphatic heterocycles. The molecule has 6 nitrogen and oxygen atoms in total. The summed E-state index contributed by atoms with van der Waals surface area (Å²) in [6.45, 7) is 5.66. The zero-order valence-electron chi connectivity index (χ0n) is 15.6. The van der Waals surface area contributed by atoms with Crippen molar-refractivity contribution in [3.63, 3.8) is 0 Å². The van der Waals surface area contributed by atoms with Crippen molar-refractivity contribution in [1.29, 1.82) is 0 Å². The summed E-state index contributed by atoms with van der Waals surface area (Å²) in [5.41, 5.74) is 5.49. The number of aryl methyl sites for hydroxylation is 1. The van der Waals surface area contributed by atoms with Gasteiger partial charge in [-0.25, -0.2) is 5.43 Å². The molecule has 2 amide bonds. The number of amides is 2. The summed E-state index contributed by atoms with van der Waals surface area (Å²) >= 11 is 3.35. The van der Waals surface area contributed by atoms with E-state index in [0.717, 1.165) is 46.3 Å². The van der Waals surface area contributed by atoms with Crippen LogP contribution in [0, 0.1) is 6.92 Å². The van der Waals surface area contributed by atoms with E-state index < -0.39 is 0 Å². The molecule has 0 radical (unpaired) electrons. The third kappa shape index (κ3) is 4.30. The van der Waals surface area contributed by atoms with Crippen molar-refractivity contribution in [2.45, 2.75) is 46.1 Å². The first-order chi connectivity index (χ1) is 12.9. The van der Waals surface area contributed by atoms with Crippen LogP contribution in [0.2, 0.25) is 0 Å². The van der Waals surface area contributed by atoms with Gasteiger partial charge < -0.3 is 9.73 Å². The minimum Gasteiger partial charge on any atom is -0.455 e. The second-order valence-electron chi connectivity index (χ2n) is 6.84. The molecular formula is C20H22BrN3O3. The number of hydrazone groups is 1. The number of hydrogen-bond acceptors (Lipinski definition) is 4. The number of hydrogen-bond donors (Lipinski definition) is 2. The number of rotatable bonds is 4. The van der Waals surface area contributed by atoms with Crippen molar-refractivity contribution in [2.24, 2.45) is 5.10 Å². The van der Waals surface area contributed by atoms with Crippen molar-refractivity contribution < 1.29 is 14.0 Å². The number of nitrogens with one attached hydrogen (secondary N) is 2. The number of nitrogens with zero attached hydrogens (tertiary/aromatic N) is 1. The molecular weight excluding hydrogens is 410 g/mol. The first-order valence-corrected chi connectivity index (χ1v) is 9.72. The highest BCUT2D eigenvalue weighted by Gasteiger charge is 2.28. The van der Waals surface area contributed by atoms with E-state index in [1.807, 2.05) is 20.8 Å². The Balaban J connectivity index is 1.84. The Morgan fingerprint density at radius 1 is 1.15 bits per heavy atom. The van der Waals surface area contributed by atoms with Crippen molar-refractivity contribution in [3.05, 3.63) is 56.9 Å². The number of furan rings is 1. The number of halogens is 1. The lowest BCUT2D eigenvalue weighted by atomic mass is 9.93. The molecule has 0 atom stereocenters. The highest BCUT2D eigenvalue weighted by Crippen LogP contribution is 2.30. The van der Waals surface area contributed by atoms with Gasteiger partial charge in [0.15, 0.2) is 5.76 Å². The normalized spacial score (nSPS) is 14.9. The first-order valence-electron chi connectivity index (χ1n) is 8.92. The van der Waals surface area contributed by atoms with Gasteiger partial charge in [-0.3, -0.25) is 9.59 Å². The maximum absolute atomic E-state index is 12.4. The zero-order chi connectivity index (χ0) is 19.6. The molecule has 1 aliphatic rings. The summed E-state index contributed by atoms with van der Waals surface area (Å²) in [4.78, 5) is 24.7. The largest absolute Gasteiger partial charge is 0.455 e. The van der Waals surface area contributed by atoms with Crippen molar-refractivity contribution in [3.8, 4) is 0 Å². The van der Waals surface area contributed by atoms with Gasteiger partial charge in [-0.2, -0.15) is 5.10 Å². The van der Waals surface area contributed by atoms with Gasteiger partial charge in [0.1, 0.15) is 5.76 Å². The van der Waals surface area contributed by atoms with Gasteiger partial charge in [0.25, 0.3) is 11.8 Å². The molecule has 2 N–H and O–H groups in total. The second-order valence-corrected chi connectivity index (χ2v) is 7.76. The molecule has 142 valence electrons. The van der Waals surface area contributed by atoms with Crippen LogP contribution in [0.5, 0.6) is 0 Å². The van der Waals surface area contributed by atoms with E-state index in [4.69, 9.17) is 4.42 Å². The number of fused-ring (bicyclic) bond motifs is 1.